The first-order valence-electron chi connectivity index (χ1n) is 5.75. The van der Waals surface area contributed by atoms with Gasteiger partial charge < -0.3 is 15.8 Å². The lowest BCUT2D eigenvalue weighted by molar-refractivity contribution is 0.108. The Bertz CT molecular complexity index is 410. The van der Waals surface area contributed by atoms with E-state index in [0.29, 0.717) is 22.8 Å². The van der Waals surface area contributed by atoms with Gasteiger partial charge in [0.05, 0.1) is 11.8 Å². The van der Waals surface area contributed by atoms with Crippen molar-refractivity contribution in [3.05, 3.63) is 23.9 Å². The van der Waals surface area contributed by atoms with Crippen LogP contribution in [0.2, 0.25) is 0 Å². The number of ether oxygens (including phenoxy) is 1. The third kappa shape index (κ3) is 3.14. The second-order valence-corrected chi connectivity index (χ2v) is 4.72. The van der Waals surface area contributed by atoms with Crippen molar-refractivity contribution in [2.24, 2.45) is 5.73 Å². The number of aromatic nitrogens is 1. The fourth-order valence-corrected chi connectivity index (χ4v) is 2.26. The summed E-state index contributed by atoms with van der Waals surface area (Å²) in [5.41, 5.74) is 6.21. The van der Waals surface area contributed by atoms with Crippen LogP contribution in [0.25, 0.3) is 0 Å². The maximum absolute atomic E-state index is 5.56. The minimum absolute atomic E-state index is 0.329. The summed E-state index contributed by atoms with van der Waals surface area (Å²) < 4.78 is 5.34. The predicted octanol–water partition coefficient (Wildman–Crippen LogP) is 1.70. The van der Waals surface area contributed by atoms with Crippen molar-refractivity contribution in [3.63, 3.8) is 0 Å². The zero-order valence-corrected chi connectivity index (χ0v) is 10.7. The van der Waals surface area contributed by atoms with Crippen molar-refractivity contribution in [1.82, 2.24) is 4.98 Å². The largest absolute Gasteiger partial charge is 0.388 e. The van der Waals surface area contributed by atoms with E-state index in [1.165, 1.54) is 0 Å². The lowest BCUT2D eigenvalue weighted by Gasteiger charge is -2.14. The second-order valence-electron chi connectivity index (χ2n) is 4.28. The van der Waals surface area contributed by atoms with Crippen LogP contribution in [0.5, 0.6) is 0 Å². The van der Waals surface area contributed by atoms with E-state index >= 15 is 0 Å². The quantitative estimate of drug-likeness (QED) is 0.798. The number of rotatable bonds is 4. The standard InChI is InChI=1S/C12H17N3OS/c1-16-9-6-5-8(7-9)14-11-4-2-3-10(15-11)12(13)17/h2-4,8-9H,5-7H2,1H3,(H2,13,17)(H,14,15). The minimum atomic E-state index is 0.329. The van der Waals surface area contributed by atoms with Crippen LogP contribution in [0.1, 0.15) is 25.0 Å². The summed E-state index contributed by atoms with van der Waals surface area (Å²) in [4.78, 5) is 4.70. The van der Waals surface area contributed by atoms with Gasteiger partial charge in [0.25, 0.3) is 0 Å². The average Bonchev–Trinajstić information content (AvgIpc) is 2.77. The number of nitrogens with two attached hydrogens (primary N) is 1. The van der Waals surface area contributed by atoms with Gasteiger partial charge in [-0.05, 0) is 31.4 Å². The zero-order chi connectivity index (χ0) is 12.3. The third-order valence-corrected chi connectivity index (χ3v) is 3.28. The van der Waals surface area contributed by atoms with Gasteiger partial charge in [-0.25, -0.2) is 4.98 Å². The Kier molecular flexibility index (Phi) is 3.91. The number of methoxy groups -OCH3 is 1. The molecule has 5 heteroatoms. The minimum Gasteiger partial charge on any atom is -0.388 e. The number of nitrogens with zero attached hydrogens (tertiary/aromatic N) is 1. The first kappa shape index (κ1) is 12.3. The molecule has 1 aliphatic carbocycles. The van der Waals surface area contributed by atoms with Gasteiger partial charge in [-0.1, -0.05) is 18.3 Å². The summed E-state index contributed by atoms with van der Waals surface area (Å²) in [7, 11) is 1.76. The molecule has 2 rings (SSSR count). The molecule has 0 spiro atoms. The first-order chi connectivity index (χ1) is 8.19. The van der Waals surface area contributed by atoms with Crippen LogP contribution < -0.4 is 11.1 Å². The van der Waals surface area contributed by atoms with Gasteiger partial charge in [0.1, 0.15) is 10.8 Å². The first-order valence-corrected chi connectivity index (χ1v) is 6.16. The molecule has 0 radical (unpaired) electrons. The molecule has 17 heavy (non-hydrogen) atoms. The van der Waals surface area contributed by atoms with Crippen molar-refractivity contribution in [3.8, 4) is 0 Å². The van der Waals surface area contributed by atoms with Gasteiger partial charge in [-0.3, -0.25) is 0 Å². The topological polar surface area (TPSA) is 60.2 Å². The van der Waals surface area contributed by atoms with Crippen molar-refractivity contribution >= 4 is 23.0 Å². The van der Waals surface area contributed by atoms with Crippen LogP contribution in [0, 0.1) is 0 Å². The number of hydrogen-bond acceptors (Lipinski definition) is 4. The smallest absolute Gasteiger partial charge is 0.126 e. The number of thiocarbonyl (C=S) groups is 1. The normalized spacial score (nSPS) is 23.6. The lowest BCUT2D eigenvalue weighted by atomic mass is 10.2. The summed E-state index contributed by atoms with van der Waals surface area (Å²) >= 11 is 4.91. The Labute approximate surface area is 107 Å². The van der Waals surface area contributed by atoms with E-state index in [9.17, 15) is 0 Å². The van der Waals surface area contributed by atoms with Gasteiger partial charge in [0, 0.05) is 13.2 Å². The molecule has 2 atom stereocenters. The third-order valence-electron chi connectivity index (χ3n) is 3.07. The van der Waals surface area contributed by atoms with Gasteiger partial charge in [-0.15, -0.1) is 0 Å². The molecule has 4 nitrogen and oxygen atoms in total. The molecular weight excluding hydrogens is 234 g/mol. The highest BCUT2D eigenvalue weighted by Crippen LogP contribution is 2.24. The molecule has 0 saturated heterocycles. The van der Waals surface area contributed by atoms with E-state index in [4.69, 9.17) is 22.7 Å². The SMILES string of the molecule is COC1CCC(Nc2cccc(C(N)=S)n2)C1. The van der Waals surface area contributed by atoms with Crippen molar-refractivity contribution < 1.29 is 4.74 Å². The monoisotopic (exact) mass is 251 g/mol. The molecule has 1 aromatic heterocycles. The van der Waals surface area contributed by atoms with E-state index in [2.05, 4.69) is 10.3 Å². The Morgan fingerprint density at radius 1 is 1.53 bits per heavy atom. The van der Waals surface area contributed by atoms with Crippen LogP contribution in [-0.2, 0) is 4.74 Å². The van der Waals surface area contributed by atoms with Crippen molar-refractivity contribution in [1.29, 1.82) is 0 Å². The molecule has 1 heterocycles. The molecule has 0 aliphatic heterocycles. The molecule has 0 amide bonds. The van der Waals surface area contributed by atoms with Crippen LogP contribution in [0.15, 0.2) is 18.2 Å². The second kappa shape index (κ2) is 5.42. The van der Waals surface area contributed by atoms with E-state index in [-0.39, 0.29) is 0 Å². The Morgan fingerprint density at radius 2 is 2.35 bits per heavy atom. The maximum Gasteiger partial charge on any atom is 0.126 e. The highest BCUT2D eigenvalue weighted by Gasteiger charge is 2.24. The Balaban J connectivity index is 1.99. The average molecular weight is 251 g/mol. The molecule has 1 fully saturated rings. The van der Waals surface area contributed by atoms with E-state index in [0.717, 1.165) is 25.1 Å². The van der Waals surface area contributed by atoms with Gasteiger partial charge in [0.2, 0.25) is 0 Å². The van der Waals surface area contributed by atoms with E-state index in [1.807, 2.05) is 18.2 Å². The summed E-state index contributed by atoms with van der Waals surface area (Å²) in [6.07, 6.45) is 3.60. The number of hydrogen-bond donors (Lipinski definition) is 2. The highest BCUT2D eigenvalue weighted by molar-refractivity contribution is 7.80. The molecule has 1 saturated carbocycles. The van der Waals surface area contributed by atoms with Crippen LogP contribution >= 0.6 is 12.2 Å². The van der Waals surface area contributed by atoms with Gasteiger partial charge in [-0.2, -0.15) is 0 Å². The Hall–Kier alpha value is -1.20. The Morgan fingerprint density at radius 3 is 3.00 bits per heavy atom. The van der Waals surface area contributed by atoms with Crippen molar-refractivity contribution in [2.45, 2.75) is 31.4 Å². The zero-order valence-electron chi connectivity index (χ0n) is 9.85. The molecule has 2 unspecified atom stereocenters. The molecule has 3 N–H and O–H groups in total. The number of pyridine rings is 1. The fraction of sp³-hybridized carbons (Fsp3) is 0.500. The van der Waals surface area contributed by atoms with E-state index in [1.54, 1.807) is 7.11 Å². The summed E-state index contributed by atoms with van der Waals surface area (Å²) in [6.45, 7) is 0. The summed E-state index contributed by atoms with van der Waals surface area (Å²) in [5.74, 6) is 0.831. The maximum atomic E-state index is 5.56. The number of anilines is 1. The predicted molar refractivity (Wildman–Crippen MR) is 72.2 cm³/mol. The molecule has 0 bridgehead atoms. The summed E-state index contributed by atoms with van der Waals surface area (Å²) in [5, 5.41) is 3.39. The summed E-state index contributed by atoms with van der Waals surface area (Å²) in [6, 6.07) is 6.09. The van der Waals surface area contributed by atoms with Gasteiger partial charge >= 0.3 is 0 Å². The lowest BCUT2D eigenvalue weighted by Crippen LogP contribution is -2.19. The molecule has 0 aromatic carbocycles. The van der Waals surface area contributed by atoms with Crippen LogP contribution in [0.4, 0.5) is 5.82 Å². The van der Waals surface area contributed by atoms with Crippen LogP contribution in [0.3, 0.4) is 0 Å². The van der Waals surface area contributed by atoms with E-state index < -0.39 is 0 Å². The molecular formula is C12H17N3OS. The van der Waals surface area contributed by atoms with Crippen molar-refractivity contribution in [2.75, 3.05) is 12.4 Å². The molecule has 1 aromatic rings. The van der Waals surface area contributed by atoms with Gasteiger partial charge in [0.15, 0.2) is 0 Å². The fourth-order valence-electron chi connectivity index (χ4n) is 2.15. The molecule has 92 valence electrons. The highest BCUT2D eigenvalue weighted by atomic mass is 32.1. The van der Waals surface area contributed by atoms with Crippen LogP contribution in [-0.4, -0.2) is 29.2 Å². The number of nitrogens with one attached hydrogen (secondary N) is 1. The molecule has 1 aliphatic rings.